The Morgan fingerprint density at radius 3 is 2.62 bits per heavy atom. The maximum absolute atomic E-state index is 5.14. The Bertz CT molecular complexity index is 407. The molecule has 0 saturated carbocycles. The summed E-state index contributed by atoms with van der Waals surface area (Å²) in [7, 11) is 1.68. The summed E-state index contributed by atoms with van der Waals surface area (Å²) in [5.74, 6) is 0.706. The highest BCUT2D eigenvalue weighted by Crippen LogP contribution is 2.09. The summed E-state index contributed by atoms with van der Waals surface area (Å²) in [6.45, 7) is 12.5. The highest BCUT2D eigenvalue weighted by Gasteiger charge is 2.07. The summed E-state index contributed by atoms with van der Waals surface area (Å²) in [4.78, 5) is 11.4. The second-order valence-electron chi connectivity index (χ2n) is 5.47. The van der Waals surface area contributed by atoms with Crippen molar-refractivity contribution in [2.24, 2.45) is 0 Å². The molecular formula is C16H30N4O. The van der Waals surface area contributed by atoms with E-state index in [1.807, 2.05) is 13.0 Å². The Morgan fingerprint density at radius 2 is 2.00 bits per heavy atom. The van der Waals surface area contributed by atoms with E-state index in [1.165, 1.54) is 6.42 Å². The highest BCUT2D eigenvalue weighted by molar-refractivity contribution is 5.28. The lowest BCUT2D eigenvalue weighted by molar-refractivity contribution is 0.181. The first-order valence-electron chi connectivity index (χ1n) is 7.91. The molecule has 0 saturated heterocycles. The molecule has 1 unspecified atom stereocenters. The molecule has 0 bridgehead atoms. The predicted molar refractivity (Wildman–Crippen MR) is 87.6 cm³/mol. The molecule has 1 rings (SSSR count). The smallest absolute Gasteiger partial charge is 0.223 e. The molecule has 1 N–H and O–H groups in total. The third-order valence-corrected chi connectivity index (χ3v) is 3.58. The number of aromatic nitrogens is 2. The molecule has 1 atom stereocenters. The zero-order valence-electron chi connectivity index (χ0n) is 14.1. The minimum absolute atomic E-state index is 0.373. The van der Waals surface area contributed by atoms with Gasteiger partial charge in [0.25, 0.3) is 0 Å². The summed E-state index contributed by atoms with van der Waals surface area (Å²) < 4.78 is 5.14. The van der Waals surface area contributed by atoms with Crippen molar-refractivity contribution in [2.75, 3.05) is 32.1 Å². The molecule has 5 heteroatoms. The number of rotatable bonds is 10. The van der Waals surface area contributed by atoms with Gasteiger partial charge in [-0.3, -0.25) is 0 Å². The van der Waals surface area contributed by atoms with E-state index in [1.54, 1.807) is 7.11 Å². The van der Waals surface area contributed by atoms with Crippen molar-refractivity contribution in [1.29, 1.82) is 0 Å². The lowest BCUT2D eigenvalue weighted by Gasteiger charge is -2.20. The summed E-state index contributed by atoms with van der Waals surface area (Å²) in [5.41, 5.74) is 1.89. The van der Waals surface area contributed by atoms with Gasteiger partial charge in [0, 0.05) is 18.8 Å². The van der Waals surface area contributed by atoms with Crippen LogP contribution in [0.15, 0.2) is 6.07 Å². The van der Waals surface area contributed by atoms with Crippen molar-refractivity contribution in [1.82, 2.24) is 14.9 Å². The number of methoxy groups -OCH3 is 1. The zero-order valence-corrected chi connectivity index (χ0v) is 14.1. The van der Waals surface area contributed by atoms with Crippen LogP contribution in [0.1, 0.15) is 45.0 Å². The number of ether oxygens (including phenoxy) is 1. The lowest BCUT2D eigenvalue weighted by Crippen LogP contribution is -2.26. The SMILES string of the molecule is CCN(CC)CCCC(C)Nc1nc(C)cc(COC)n1. The van der Waals surface area contributed by atoms with Crippen molar-refractivity contribution >= 4 is 5.95 Å². The average molecular weight is 294 g/mol. The molecule has 0 aliphatic carbocycles. The maximum Gasteiger partial charge on any atom is 0.223 e. The van der Waals surface area contributed by atoms with Crippen LogP contribution in [0, 0.1) is 6.92 Å². The molecule has 21 heavy (non-hydrogen) atoms. The third-order valence-electron chi connectivity index (χ3n) is 3.58. The number of nitrogens with one attached hydrogen (secondary N) is 1. The molecular weight excluding hydrogens is 264 g/mol. The van der Waals surface area contributed by atoms with E-state index in [0.29, 0.717) is 18.6 Å². The minimum atomic E-state index is 0.373. The van der Waals surface area contributed by atoms with E-state index < -0.39 is 0 Å². The van der Waals surface area contributed by atoms with Crippen LogP contribution in [-0.4, -0.2) is 47.7 Å². The molecule has 1 aromatic heterocycles. The molecule has 1 aromatic rings. The van der Waals surface area contributed by atoms with Crippen molar-refractivity contribution in [3.05, 3.63) is 17.5 Å². The third kappa shape index (κ3) is 6.87. The van der Waals surface area contributed by atoms with E-state index in [0.717, 1.165) is 37.4 Å². The first-order chi connectivity index (χ1) is 10.1. The fourth-order valence-electron chi connectivity index (χ4n) is 2.37. The average Bonchev–Trinajstić information content (AvgIpc) is 2.43. The molecule has 1 heterocycles. The molecule has 0 fully saturated rings. The zero-order chi connectivity index (χ0) is 15.7. The number of anilines is 1. The molecule has 0 aliphatic rings. The molecule has 0 spiro atoms. The topological polar surface area (TPSA) is 50.3 Å². The Hall–Kier alpha value is -1.20. The van der Waals surface area contributed by atoms with Gasteiger partial charge in [-0.25, -0.2) is 9.97 Å². The molecule has 5 nitrogen and oxygen atoms in total. The van der Waals surface area contributed by atoms with Crippen LogP contribution >= 0.6 is 0 Å². The van der Waals surface area contributed by atoms with Crippen LogP contribution in [0.3, 0.4) is 0 Å². The van der Waals surface area contributed by atoms with Gasteiger partial charge >= 0.3 is 0 Å². The first-order valence-corrected chi connectivity index (χ1v) is 7.91. The normalized spacial score (nSPS) is 12.7. The van der Waals surface area contributed by atoms with Gasteiger partial charge in [-0.1, -0.05) is 13.8 Å². The Balaban J connectivity index is 2.45. The molecule has 0 amide bonds. The van der Waals surface area contributed by atoms with E-state index in [4.69, 9.17) is 4.74 Å². The molecule has 0 aliphatic heterocycles. The first kappa shape index (κ1) is 17.9. The van der Waals surface area contributed by atoms with Gasteiger partial charge < -0.3 is 15.0 Å². The van der Waals surface area contributed by atoms with Crippen molar-refractivity contribution in [2.45, 2.75) is 53.2 Å². The van der Waals surface area contributed by atoms with E-state index >= 15 is 0 Å². The van der Waals surface area contributed by atoms with E-state index in [-0.39, 0.29) is 0 Å². The van der Waals surface area contributed by atoms with Gasteiger partial charge in [0.2, 0.25) is 5.95 Å². The van der Waals surface area contributed by atoms with Gasteiger partial charge in [-0.2, -0.15) is 0 Å². The maximum atomic E-state index is 5.14. The molecule has 0 radical (unpaired) electrons. The molecule has 120 valence electrons. The summed E-state index contributed by atoms with van der Waals surface area (Å²) in [6, 6.07) is 2.33. The molecule has 0 aromatic carbocycles. The van der Waals surface area contributed by atoms with Gasteiger partial charge in [0.15, 0.2) is 0 Å². The van der Waals surface area contributed by atoms with Crippen LogP contribution in [0.4, 0.5) is 5.95 Å². The second-order valence-corrected chi connectivity index (χ2v) is 5.47. The van der Waals surface area contributed by atoms with Gasteiger partial charge in [-0.05, 0) is 52.4 Å². The van der Waals surface area contributed by atoms with Gasteiger partial charge in [0.05, 0.1) is 12.3 Å². The van der Waals surface area contributed by atoms with Crippen molar-refractivity contribution < 1.29 is 4.74 Å². The summed E-state index contributed by atoms with van der Waals surface area (Å²) >= 11 is 0. The number of aryl methyl sites for hydroxylation is 1. The predicted octanol–water partition coefficient (Wildman–Crippen LogP) is 2.85. The van der Waals surface area contributed by atoms with Crippen LogP contribution in [-0.2, 0) is 11.3 Å². The van der Waals surface area contributed by atoms with E-state index in [2.05, 4.69) is 41.0 Å². The van der Waals surface area contributed by atoms with E-state index in [9.17, 15) is 0 Å². The summed E-state index contributed by atoms with van der Waals surface area (Å²) in [5, 5.41) is 3.39. The fraction of sp³-hybridized carbons (Fsp3) is 0.750. The van der Waals surface area contributed by atoms with Crippen molar-refractivity contribution in [3.8, 4) is 0 Å². The number of hydrogen-bond acceptors (Lipinski definition) is 5. The van der Waals surface area contributed by atoms with Gasteiger partial charge in [-0.15, -0.1) is 0 Å². The minimum Gasteiger partial charge on any atom is -0.378 e. The number of nitrogens with zero attached hydrogens (tertiary/aromatic N) is 3. The standard InChI is InChI=1S/C16H30N4O/c1-6-20(7-2)10-8-9-13(3)17-16-18-14(4)11-15(19-16)12-21-5/h11,13H,6-10,12H2,1-5H3,(H,17,18,19). The summed E-state index contributed by atoms with van der Waals surface area (Å²) in [6.07, 6.45) is 2.31. The quantitative estimate of drug-likeness (QED) is 0.719. The largest absolute Gasteiger partial charge is 0.378 e. The van der Waals surface area contributed by atoms with Crippen LogP contribution < -0.4 is 5.32 Å². The Kier molecular flexibility index (Phi) is 8.23. The van der Waals surface area contributed by atoms with Crippen molar-refractivity contribution in [3.63, 3.8) is 0 Å². The van der Waals surface area contributed by atoms with Crippen LogP contribution in [0.5, 0.6) is 0 Å². The highest BCUT2D eigenvalue weighted by atomic mass is 16.5. The van der Waals surface area contributed by atoms with Gasteiger partial charge in [0.1, 0.15) is 0 Å². The van der Waals surface area contributed by atoms with Crippen LogP contribution in [0.2, 0.25) is 0 Å². The number of hydrogen-bond donors (Lipinski definition) is 1. The fourth-order valence-corrected chi connectivity index (χ4v) is 2.37. The monoisotopic (exact) mass is 294 g/mol. The lowest BCUT2D eigenvalue weighted by atomic mass is 10.2. The second kappa shape index (κ2) is 9.68. The van der Waals surface area contributed by atoms with Crippen LogP contribution in [0.25, 0.3) is 0 Å². The Morgan fingerprint density at radius 1 is 1.29 bits per heavy atom. The Labute approximate surface area is 129 Å².